The van der Waals surface area contributed by atoms with Gasteiger partial charge in [-0.1, -0.05) is 42.9 Å². The SMILES string of the molecule is CCC(N=C(C)C(C#N)C(N)=S)c1ccc(Cl)cc1. The van der Waals surface area contributed by atoms with Gasteiger partial charge in [0.25, 0.3) is 0 Å². The van der Waals surface area contributed by atoms with Crippen LogP contribution in [0.5, 0.6) is 0 Å². The topological polar surface area (TPSA) is 62.2 Å². The molecule has 2 atom stereocenters. The Hall–Kier alpha value is -1.44. The fourth-order valence-corrected chi connectivity index (χ4v) is 2.12. The molecule has 0 amide bonds. The first kappa shape index (κ1) is 15.6. The standard InChI is InChI=1S/C14H16ClN3S/c1-3-13(10-4-6-11(15)7-5-10)18-9(2)12(8-16)14(17)19/h4-7,12-13H,3H2,1-2H3,(H2,17,19). The Morgan fingerprint density at radius 2 is 2.05 bits per heavy atom. The summed E-state index contributed by atoms with van der Waals surface area (Å²) in [5.74, 6) is -0.601. The minimum atomic E-state index is -0.601. The third-order valence-corrected chi connectivity index (χ3v) is 3.32. The van der Waals surface area contributed by atoms with Gasteiger partial charge in [0.15, 0.2) is 0 Å². The van der Waals surface area contributed by atoms with E-state index >= 15 is 0 Å². The number of nitrogens with zero attached hydrogens (tertiary/aromatic N) is 2. The Balaban J connectivity index is 3.01. The highest BCUT2D eigenvalue weighted by Crippen LogP contribution is 2.23. The highest BCUT2D eigenvalue weighted by atomic mass is 35.5. The van der Waals surface area contributed by atoms with Gasteiger partial charge < -0.3 is 5.73 Å². The molecule has 5 heteroatoms. The molecule has 2 N–H and O–H groups in total. The molecule has 19 heavy (non-hydrogen) atoms. The second kappa shape index (κ2) is 7.22. The van der Waals surface area contributed by atoms with Crippen LogP contribution in [0, 0.1) is 17.2 Å². The third kappa shape index (κ3) is 4.30. The van der Waals surface area contributed by atoms with Crippen LogP contribution < -0.4 is 5.73 Å². The van der Waals surface area contributed by atoms with Crippen molar-refractivity contribution in [2.45, 2.75) is 26.3 Å². The van der Waals surface area contributed by atoms with Crippen LogP contribution >= 0.6 is 23.8 Å². The number of thiocarbonyl (C=S) groups is 1. The second-order valence-corrected chi connectivity index (χ2v) is 5.12. The van der Waals surface area contributed by atoms with Crippen molar-refractivity contribution < 1.29 is 0 Å². The summed E-state index contributed by atoms with van der Waals surface area (Å²) in [7, 11) is 0. The summed E-state index contributed by atoms with van der Waals surface area (Å²) < 4.78 is 0. The molecule has 3 nitrogen and oxygen atoms in total. The highest BCUT2D eigenvalue weighted by Gasteiger charge is 2.16. The number of nitrogens with two attached hydrogens (primary N) is 1. The molecular formula is C14H16ClN3S. The van der Waals surface area contributed by atoms with E-state index in [9.17, 15) is 0 Å². The van der Waals surface area contributed by atoms with Crippen molar-refractivity contribution in [2.24, 2.45) is 16.6 Å². The first-order chi connectivity index (χ1) is 8.99. The Bertz CT molecular complexity index is 516. The van der Waals surface area contributed by atoms with Crippen molar-refractivity contribution in [2.75, 3.05) is 0 Å². The van der Waals surface area contributed by atoms with Gasteiger partial charge in [-0.25, -0.2) is 0 Å². The minimum absolute atomic E-state index is 0.0116. The van der Waals surface area contributed by atoms with Crippen molar-refractivity contribution in [3.8, 4) is 6.07 Å². The zero-order valence-electron chi connectivity index (χ0n) is 10.9. The van der Waals surface area contributed by atoms with Gasteiger partial charge >= 0.3 is 0 Å². The molecule has 1 rings (SSSR count). The molecule has 0 heterocycles. The van der Waals surface area contributed by atoms with E-state index in [0.717, 1.165) is 12.0 Å². The molecule has 0 spiro atoms. The number of nitriles is 1. The van der Waals surface area contributed by atoms with Crippen molar-refractivity contribution in [1.29, 1.82) is 5.26 Å². The quantitative estimate of drug-likeness (QED) is 0.665. The van der Waals surface area contributed by atoms with Gasteiger partial charge in [-0.05, 0) is 31.0 Å². The first-order valence-electron chi connectivity index (χ1n) is 5.98. The maximum absolute atomic E-state index is 9.04. The van der Waals surface area contributed by atoms with Crippen LogP contribution in [-0.2, 0) is 0 Å². The Labute approximate surface area is 124 Å². The number of halogens is 1. The zero-order chi connectivity index (χ0) is 14.4. The van der Waals surface area contributed by atoms with Crippen molar-refractivity contribution >= 4 is 34.5 Å². The van der Waals surface area contributed by atoms with Crippen LogP contribution in [0.1, 0.15) is 31.9 Å². The monoisotopic (exact) mass is 293 g/mol. The summed E-state index contributed by atoms with van der Waals surface area (Å²) in [6.07, 6.45) is 0.828. The van der Waals surface area contributed by atoms with Crippen LogP contribution in [0.25, 0.3) is 0 Å². The van der Waals surface area contributed by atoms with E-state index < -0.39 is 5.92 Å². The maximum Gasteiger partial charge on any atom is 0.133 e. The fourth-order valence-electron chi connectivity index (χ4n) is 1.77. The molecule has 0 aliphatic carbocycles. The lowest BCUT2D eigenvalue weighted by Gasteiger charge is -2.14. The molecule has 0 aromatic heterocycles. The Morgan fingerprint density at radius 1 is 1.47 bits per heavy atom. The van der Waals surface area contributed by atoms with E-state index in [4.69, 9.17) is 34.8 Å². The van der Waals surface area contributed by atoms with E-state index in [-0.39, 0.29) is 11.0 Å². The average Bonchev–Trinajstić information content (AvgIpc) is 2.37. The third-order valence-electron chi connectivity index (χ3n) is 2.83. The Morgan fingerprint density at radius 3 is 2.47 bits per heavy atom. The summed E-state index contributed by atoms with van der Waals surface area (Å²) >= 11 is 10.7. The predicted molar refractivity (Wildman–Crippen MR) is 83.5 cm³/mol. The lowest BCUT2D eigenvalue weighted by molar-refractivity contribution is 0.697. The minimum Gasteiger partial charge on any atom is -0.392 e. The van der Waals surface area contributed by atoms with Gasteiger partial charge in [-0.2, -0.15) is 5.26 Å². The summed E-state index contributed by atoms with van der Waals surface area (Å²) in [5.41, 5.74) is 7.25. The molecule has 100 valence electrons. The molecule has 0 fully saturated rings. The molecule has 0 saturated carbocycles. The summed E-state index contributed by atoms with van der Waals surface area (Å²) in [5, 5.41) is 9.74. The van der Waals surface area contributed by atoms with Gasteiger partial charge in [0, 0.05) is 10.7 Å². The van der Waals surface area contributed by atoms with Gasteiger partial charge in [0.2, 0.25) is 0 Å². The summed E-state index contributed by atoms with van der Waals surface area (Å²) in [4.78, 5) is 4.73. The van der Waals surface area contributed by atoms with Crippen molar-refractivity contribution in [3.05, 3.63) is 34.9 Å². The number of hydrogen-bond acceptors (Lipinski definition) is 3. The van der Waals surface area contributed by atoms with E-state index in [2.05, 4.69) is 11.1 Å². The molecule has 1 aromatic rings. The van der Waals surface area contributed by atoms with Crippen molar-refractivity contribution in [3.63, 3.8) is 0 Å². The number of aliphatic imine (C=N–C) groups is 1. The van der Waals surface area contributed by atoms with Crippen LogP contribution in [0.15, 0.2) is 29.3 Å². The first-order valence-corrected chi connectivity index (χ1v) is 6.76. The van der Waals surface area contributed by atoms with E-state index in [1.54, 1.807) is 6.92 Å². The predicted octanol–water partition coefficient (Wildman–Crippen LogP) is 3.68. The summed E-state index contributed by atoms with van der Waals surface area (Å²) in [6.45, 7) is 3.82. The van der Waals surface area contributed by atoms with E-state index in [1.165, 1.54) is 0 Å². The van der Waals surface area contributed by atoms with Gasteiger partial charge in [0.1, 0.15) is 5.92 Å². The van der Waals surface area contributed by atoms with Crippen molar-refractivity contribution in [1.82, 2.24) is 0 Å². The molecule has 1 aromatic carbocycles. The lowest BCUT2D eigenvalue weighted by Crippen LogP contribution is -2.26. The van der Waals surface area contributed by atoms with Crippen LogP contribution in [0.3, 0.4) is 0 Å². The van der Waals surface area contributed by atoms with E-state index in [0.29, 0.717) is 10.7 Å². The normalized spacial score (nSPS) is 14.5. The van der Waals surface area contributed by atoms with Gasteiger partial charge in [0.05, 0.1) is 17.1 Å². The molecule has 0 saturated heterocycles. The number of hydrogen-bond donors (Lipinski definition) is 1. The van der Waals surface area contributed by atoms with Crippen LogP contribution in [0.4, 0.5) is 0 Å². The second-order valence-electron chi connectivity index (χ2n) is 4.21. The van der Waals surface area contributed by atoms with Gasteiger partial charge in [-0.3, -0.25) is 4.99 Å². The maximum atomic E-state index is 9.04. The zero-order valence-corrected chi connectivity index (χ0v) is 12.5. The lowest BCUT2D eigenvalue weighted by atomic mass is 10.0. The molecular weight excluding hydrogens is 278 g/mol. The van der Waals surface area contributed by atoms with Crippen LogP contribution in [-0.4, -0.2) is 10.7 Å². The molecule has 0 bridgehead atoms. The smallest absolute Gasteiger partial charge is 0.133 e. The average molecular weight is 294 g/mol. The highest BCUT2D eigenvalue weighted by molar-refractivity contribution is 7.80. The molecule has 0 aliphatic heterocycles. The molecule has 0 radical (unpaired) electrons. The van der Waals surface area contributed by atoms with Gasteiger partial charge in [-0.15, -0.1) is 0 Å². The summed E-state index contributed by atoms with van der Waals surface area (Å²) in [6, 6.07) is 9.61. The number of rotatable bonds is 5. The Kier molecular flexibility index (Phi) is 5.94. The van der Waals surface area contributed by atoms with E-state index in [1.807, 2.05) is 31.2 Å². The molecule has 0 aliphatic rings. The largest absolute Gasteiger partial charge is 0.392 e. The molecule has 2 unspecified atom stereocenters. The van der Waals surface area contributed by atoms with Crippen LogP contribution in [0.2, 0.25) is 5.02 Å². The number of benzene rings is 1. The fraction of sp³-hybridized carbons (Fsp3) is 0.357.